The Hall–Kier alpha value is -0.402. The molecule has 0 bridgehead atoms. The minimum Gasteiger partial charge on any atom is -0.491 e. The second-order valence-electron chi connectivity index (χ2n) is 3.72. The third-order valence-corrected chi connectivity index (χ3v) is 2.45. The van der Waals surface area contributed by atoms with Crippen LogP contribution in [0.2, 0.25) is 0 Å². The predicted molar refractivity (Wildman–Crippen MR) is 55.1 cm³/mol. The SMILES string of the molecule is [CH2-][C@H]1CCC(COc2ccc(F)cc2)O1.[W]. The topological polar surface area (TPSA) is 18.5 Å². The molecule has 0 aromatic heterocycles. The summed E-state index contributed by atoms with van der Waals surface area (Å²) in [7, 11) is 0. The van der Waals surface area contributed by atoms with Crippen LogP contribution < -0.4 is 4.74 Å². The monoisotopic (exact) mass is 393 g/mol. The zero-order valence-corrected chi connectivity index (χ0v) is 11.8. The summed E-state index contributed by atoms with van der Waals surface area (Å²) in [6.45, 7) is 4.34. The largest absolute Gasteiger partial charge is 0.491 e. The van der Waals surface area contributed by atoms with Gasteiger partial charge < -0.3 is 16.4 Å². The van der Waals surface area contributed by atoms with Crippen molar-refractivity contribution < 1.29 is 34.9 Å². The molecule has 0 amide bonds. The van der Waals surface area contributed by atoms with E-state index in [4.69, 9.17) is 9.47 Å². The molecule has 1 fully saturated rings. The fourth-order valence-corrected chi connectivity index (χ4v) is 1.62. The number of halogens is 1. The Morgan fingerprint density at radius 2 is 2.00 bits per heavy atom. The molecule has 1 aliphatic rings. The molecule has 0 N–H and O–H groups in total. The molecule has 2 rings (SSSR count). The summed E-state index contributed by atoms with van der Waals surface area (Å²) in [5.41, 5.74) is 0. The second kappa shape index (κ2) is 6.36. The van der Waals surface area contributed by atoms with Gasteiger partial charge in [-0.05, 0) is 30.7 Å². The molecule has 1 aromatic rings. The van der Waals surface area contributed by atoms with E-state index in [0.717, 1.165) is 12.8 Å². The van der Waals surface area contributed by atoms with Crippen molar-refractivity contribution in [2.75, 3.05) is 6.61 Å². The maximum Gasteiger partial charge on any atom is 0.123 e. The fraction of sp³-hybridized carbons (Fsp3) is 0.417. The summed E-state index contributed by atoms with van der Waals surface area (Å²) in [5, 5.41) is 0. The minimum atomic E-state index is -0.253. The van der Waals surface area contributed by atoms with Crippen molar-refractivity contribution in [2.24, 2.45) is 0 Å². The predicted octanol–water partition coefficient (Wildman–Crippen LogP) is 2.58. The standard InChI is InChI=1S/C12H14FO2.W/c1-9-2-5-12(15-9)8-14-11-6-3-10(13)4-7-11;/h3-4,6-7,9,12H,1-2,5,8H2;/q-1;/t9-,12?;/m0./s1. The molecule has 1 aliphatic heterocycles. The van der Waals surface area contributed by atoms with Gasteiger partial charge in [-0.1, -0.05) is 12.5 Å². The van der Waals surface area contributed by atoms with Gasteiger partial charge in [-0.2, -0.15) is 0 Å². The van der Waals surface area contributed by atoms with E-state index in [0.29, 0.717) is 12.4 Å². The first kappa shape index (κ1) is 13.7. The Labute approximate surface area is 109 Å². The Bertz CT molecular complexity index is 315. The summed E-state index contributed by atoms with van der Waals surface area (Å²) in [4.78, 5) is 0. The van der Waals surface area contributed by atoms with Gasteiger partial charge in [0.15, 0.2) is 0 Å². The van der Waals surface area contributed by atoms with Gasteiger partial charge in [-0.3, -0.25) is 0 Å². The van der Waals surface area contributed by atoms with E-state index in [1.54, 1.807) is 12.1 Å². The molecule has 0 aliphatic carbocycles. The van der Waals surface area contributed by atoms with Crippen molar-refractivity contribution >= 4 is 0 Å². The molecule has 2 nitrogen and oxygen atoms in total. The van der Waals surface area contributed by atoms with E-state index in [-0.39, 0.29) is 39.1 Å². The molecule has 1 aromatic carbocycles. The van der Waals surface area contributed by atoms with Crippen LogP contribution in [0.25, 0.3) is 0 Å². The van der Waals surface area contributed by atoms with Gasteiger partial charge in [0, 0.05) is 21.1 Å². The molecule has 1 heterocycles. The van der Waals surface area contributed by atoms with Crippen molar-refractivity contribution in [1.82, 2.24) is 0 Å². The smallest absolute Gasteiger partial charge is 0.123 e. The third kappa shape index (κ3) is 3.88. The molecule has 16 heavy (non-hydrogen) atoms. The second-order valence-corrected chi connectivity index (χ2v) is 3.72. The average Bonchev–Trinajstić information content (AvgIpc) is 2.64. The number of ether oxygens (including phenoxy) is 2. The van der Waals surface area contributed by atoms with Crippen molar-refractivity contribution in [3.8, 4) is 5.75 Å². The molecule has 0 radical (unpaired) electrons. The first-order valence-electron chi connectivity index (χ1n) is 5.11. The maximum atomic E-state index is 12.6. The first-order chi connectivity index (χ1) is 7.24. The molecule has 1 saturated heterocycles. The Morgan fingerprint density at radius 1 is 1.31 bits per heavy atom. The maximum absolute atomic E-state index is 12.6. The van der Waals surface area contributed by atoms with Crippen LogP contribution in [0, 0.1) is 12.7 Å². The third-order valence-electron chi connectivity index (χ3n) is 2.45. The minimum absolute atomic E-state index is 0. The van der Waals surface area contributed by atoms with E-state index in [2.05, 4.69) is 6.92 Å². The molecular weight excluding hydrogens is 379 g/mol. The molecule has 0 saturated carbocycles. The van der Waals surface area contributed by atoms with Crippen molar-refractivity contribution in [1.29, 1.82) is 0 Å². The normalized spacial score (nSPS) is 23.9. The van der Waals surface area contributed by atoms with Gasteiger partial charge in [0.25, 0.3) is 0 Å². The van der Waals surface area contributed by atoms with E-state index in [1.807, 2.05) is 0 Å². The van der Waals surface area contributed by atoms with Crippen LogP contribution in [0.5, 0.6) is 5.75 Å². The Balaban J connectivity index is 0.00000128. The van der Waals surface area contributed by atoms with Crippen LogP contribution in [0.4, 0.5) is 4.39 Å². The van der Waals surface area contributed by atoms with Crippen molar-refractivity contribution in [3.05, 3.63) is 37.0 Å². The van der Waals surface area contributed by atoms with Crippen molar-refractivity contribution in [2.45, 2.75) is 25.0 Å². The van der Waals surface area contributed by atoms with Gasteiger partial charge >= 0.3 is 0 Å². The van der Waals surface area contributed by atoms with Crippen LogP contribution in [0.15, 0.2) is 24.3 Å². The first-order valence-corrected chi connectivity index (χ1v) is 5.11. The van der Waals surface area contributed by atoms with Gasteiger partial charge in [0.2, 0.25) is 0 Å². The Kier molecular flexibility index (Phi) is 5.43. The Morgan fingerprint density at radius 3 is 2.56 bits per heavy atom. The van der Waals surface area contributed by atoms with E-state index >= 15 is 0 Å². The summed E-state index contributed by atoms with van der Waals surface area (Å²) < 4.78 is 23.6. The van der Waals surface area contributed by atoms with E-state index in [1.165, 1.54) is 12.1 Å². The van der Waals surface area contributed by atoms with Crippen LogP contribution in [-0.4, -0.2) is 18.8 Å². The fourth-order valence-electron chi connectivity index (χ4n) is 1.62. The average molecular weight is 393 g/mol. The van der Waals surface area contributed by atoms with Crippen molar-refractivity contribution in [3.63, 3.8) is 0 Å². The van der Waals surface area contributed by atoms with E-state index in [9.17, 15) is 4.39 Å². The van der Waals surface area contributed by atoms with Gasteiger partial charge in [-0.25, -0.2) is 4.39 Å². The molecule has 2 atom stereocenters. The molecule has 4 heteroatoms. The van der Waals surface area contributed by atoms with Crippen LogP contribution in [-0.2, 0) is 25.8 Å². The number of hydrogen-bond donors (Lipinski definition) is 0. The van der Waals surface area contributed by atoms with Gasteiger partial charge in [0.05, 0.1) is 6.10 Å². The van der Waals surface area contributed by atoms with Crippen LogP contribution in [0.1, 0.15) is 12.8 Å². The molecule has 0 spiro atoms. The molecular formula is C12H14FO2W-. The molecule has 88 valence electrons. The van der Waals surface area contributed by atoms with Crippen LogP contribution >= 0.6 is 0 Å². The molecule has 1 unspecified atom stereocenters. The van der Waals surface area contributed by atoms with Crippen LogP contribution in [0.3, 0.4) is 0 Å². The summed E-state index contributed by atoms with van der Waals surface area (Å²) in [6, 6.07) is 6.00. The zero-order chi connectivity index (χ0) is 10.7. The van der Waals surface area contributed by atoms with E-state index < -0.39 is 0 Å². The number of hydrogen-bond acceptors (Lipinski definition) is 2. The quantitative estimate of drug-likeness (QED) is 0.736. The summed E-state index contributed by atoms with van der Waals surface area (Å²) >= 11 is 0. The summed E-state index contributed by atoms with van der Waals surface area (Å²) in [5.74, 6) is 0.421. The van der Waals surface area contributed by atoms with Gasteiger partial charge in [0.1, 0.15) is 18.2 Å². The number of rotatable bonds is 3. The van der Waals surface area contributed by atoms with Gasteiger partial charge in [-0.15, -0.1) is 0 Å². The number of benzene rings is 1. The zero-order valence-electron chi connectivity index (χ0n) is 8.90. The summed E-state index contributed by atoms with van der Waals surface area (Å²) in [6.07, 6.45) is 2.18.